The van der Waals surface area contributed by atoms with Crippen LogP contribution in [0.15, 0.2) is 18.2 Å². The fourth-order valence-electron chi connectivity index (χ4n) is 6.23. The maximum absolute atomic E-state index is 14.1. The first kappa shape index (κ1) is 32.9. The first-order valence-corrected chi connectivity index (χ1v) is 15.6. The molecule has 5 rings (SSSR count). The number of hydrogen-bond acceptors (Lipinski definition) is 9. The number of likely N-dealkylation sites (N-methyl/N-ethyl adjacent to an activating group) is 1. The van der Waals surface area contributed by atoms with Crippen LogP contribution in [-0.4, -0.2) is 89.9 Å². The van der Waals surface area contributed by atoms with Crippen LogP contribution >= 0.6 is 11.6 Å². The molecule has 4 heterocycles. The van der Waals surface area contributed by atoms with Crippen LogP contribution in [0.1, 0.15) is 56.9 Å². The molecule has 3 aliphatic heterocycles. The lowest BCUT2D eigenvalue weighted by molar-refractivity contribution is -0.137. The van der Waals surface area contributed by atoms with E-state index in [0.29, 0.717) is 50.7 Å². The minimum atomic E-state index is -4.63. The summed E-state index contributed by atoms with van der Waals surface area (Å²) in [5, 5.41) is 9.23. The van der Waals surface area contributed by atoms with Crippen molar-refractivity contribution >= 4 is 29.2 Å². The van der Waals surface area contributed by atoms with Gasteiger partial charge in [-0.1, -0.05) is 17.7 Å². The summed E-state index contributed by atoms with van der Waals surface area (Å²) >= 11 is 6.05. The number of rotatable bonds is 6. The van der Waals surface area contributed by atoms with Gasteiger partial charge in [-0.2, -0.15) is 28.4 Å². The van der Waals surface area contributed by atoms with Gasteiger partial charge in [0.15, 0.2) is 0 Å². The second kappa shape index (κ2) is 13.1. The third-order valence-corrected chi connectivity index (χ3v) is 8.77. The average Bonchev–Trinajstić information content (AvgIpc) is 3.38. The normalized spacial score (nSPS) is 21.0. The predicted molar refractivity (Wildman–Crippen MR) is 164 cm³/mol. The number of nitrogens with zero attached hydrogens (tertiary/aromatic N) is 7. The minimum Gasteiger partial charge on any atom is -0.462 e. The van der Waals surface area contributed by atoms with Crippen LogP contribution in [0, 0.1) is 11.3 Å². The molecular weight excluding hydrogens is 611 g/mol. The zero-order valence-electron chi connectivity index (χ0n) is 26.0. The number of piperazine rings is 1. The second-order valence-electron chi connectivity index (χ2n) is 12.8. The van der Waals surface area contributed by atoms with E-state index in [1.807, 2.05) is 11.9 Å². The molecule has 244 valence electrons. The van der Waals surface area contributed by atoms with Gasteiger partial charge in [0.1, 0.15) is 18.0 Å². The molecule has 0 bridgehead atoms. The van der Waals surface area contributed by atoms with Gasteiger partial charge in [0.2, 0.25) is 0 Å². The predicted octanol–water partition coefficient (Wildman–Crippen LogP) is 5.52. The SMILES string of the molecule is CN1CCC[C@H]1COc1nc2c(c(N3CCN(C(=O)OC(C)(C)C)[C@@H](CC#N)C3)n1)CCN(c1cccc(Cl)c1C(F)(F)F)C2. The van der Waals surface area contributed by atoms with Crippen molar-refractivity contribution in [3.63, 3.8) is 0 Å². The number of amides is 1. The number of halogens is 4. The Bertz CT molecular complexity index is 1450. The van der Waals surface area contributed by atoms with Gasteiger partial charge < -0.3 is 29.1 Å². The van der Waals surface area contributed by atoms with E-state index in [9.17, 15) is 23.2 Å². The quantitative estimate of drug-likeness (QED) is 0.400. The molecule has 0 saturated carbocycles. The second-order valence-corrected chi connectivity index (χ2v) is 13.2. The highest BCUT2D eigenvalue weighted by Crippen LogP contribution is 2.43. The van der Waals surface area contributed by atoms with Crippen LogP contribution in [0.4, 0.5) is 29.5 Å². The Balaban J connectivity index is 1.47. The number of alkyl halides is 3. The van der Waals surface area contributed by atoms with Crippen molar-refractivity contribution in [1.82, 2.24) is 19.8 Å². The minimum absolute atomic E-state index is 0.00378. The highest BCUT2D eigenvalue weighted by Gasteiger charge is 2.39. The van der Waals surface area contributed by atoms with E-state index in [4.69, 9.17) is 31.0 Å². The Kier molecular flexibility index (Phi) is 9.56. The third-order valence-electron chi connectivity index (χ3n) is 8.45. The number of carbonyl (C=O) groups excluding carboxylic acids is 1. The summed E-state index contributed by atoms with van der Waals surface area (Å²) in [6.07, 6.45) is -2.57. The Morgan fingerprint density at radius 1 is 1.11 bits per heavy atom. The van der Waals surface area contributed by atoms with E-state index >= 15 is 0 Å². The molecule has 0 N–H and O–H groups in total. The van der Waals surface area contributed by atoms with Gasteiger partial charge in [-0.15, -0.1) is 0 Å². The summed E-state index contributed by atoms with van der Waals surface area (Å²) in [4.78, 5) is 30.0. The lowest BCUT2D eigenvalue weighted by Crippen LogP contribution is -2.56. The average molecular weight is 650 g/mol. The zero-order valence-corrected chi connectivity index (χ0v) is 26.8. The molecule has 3 aliphatic rings. The van der Waals surface area contributed by atoms with Crippen LogP contribution in [0.3, 0.4) is 0 Å². The number of ether oxygens (including phenoxy) is 2. The van der Waals surface area contributed by atoms with Crippen LogP contribution in [0.2, 0.25) is 5.02 Å². The number of carbonyl (C=O) groups is 1. The molecule has 0 aliphatic carbocycles. The van der Waals surface area contributed by atoms with Crippen molar-refractivity contribution in [3.8, 4) is 12.1 Å². The molecule has 2 fully saturated rings. The summed E-state index contributed by atoms with van der Waals surface area (Å²) in [7, 11) is 2.04. The summed E-state index contributed by atoms with van der Waals surface area (Å²) in [6, 6.07) is 6.29. The van der Waals surface area contributed by atoms with Crippen LogP contribution in [0.25, 0.3) is 0 Å². The Labute approximate surface area is 266 Å². The molecule has 0 unspecified atom stereocenters. The van der Waals surface area contributed by atoms with Crippen LogP contribution in [-0.2, 0) is 23.9 Å². The number of likely N-dealkylation sites (tertiary alicyclic amines) is 1. The molecule has 1 aromatic carbocycles. The van der Waals surface area contributed by atoms with E-state index < -0.39 is 29.5 Å². The maximum Gasteiger partial charge on any atom is 0.419 e. The number of benzene rings is 1. The molecule has 2 aromatic rings. The molecule has 2 saturated heterocycles. The number of nitriles is 1. The monoisotopic (exact) mass is 649 g/mol. The molecule has 45 heavy (non-hydrogen) atoms. The zero-order chi connectivity index (χ0) is 32.5. The van der Waals surface area contributed by atoms with Crippen molar-refractivity contribution in [3.05, 3.63) is 40.0 Å². The first-order chi connectivity index (χ1) is 21.2. The van der Waals surface area contributed by atoms with Gasteiger partial charge >= 0.3 is 18.3 Å². The Morgan fingerprint density at radius 3 is 2.56 bits per heavy atom. The highest BCUT2D eigenvalue weighted by atomic mass is 35.5. The largest absolute Gasteiger partial charge is 0.462 e. The van der Waals surface area contributed by atoms with Gasteiger partial charge in [0.05, 0.1) is 47.0 Å². The summed E-state index contributed by atoms with van der Waals surface area (Å²) in [6.45, 7) is 8.20. The van der Waals surface area contributed by atoms with Gasteiger partial charge in [-0.3, -0.25) is 0 Å². The van der Waals surface area contributed by atoms with Crippen LogP contribution in [0.5, 0.6) is 6.01 Å². The molecule has 10 nitrogen and oxygen atoms in total. The lowest BCUT2D eigenvalue weighted by Gasteiger charge is -2.42. The molecule has 0 radical (unpaired) electrons. The summed E-state index contributed by atoms with van der Waals surface area (Å²) in [5.41, 5.74) is -0.176. The van der Waals surface area contributed by atoms with E-state index in [-0.39, 0.29) is 35.7 Å². The van der Waals surface area contributed by atoms with Gasteiger partial charge in [0.25, 0.3) is 0 Å². The number of hydrogen-bond donors (Lipinski definition) is 0. The Hall–Kier alpha value is -3.50. The summed E-state index contributed by atoms with van der Waals surface area (Å²) in [5.74, 6) is 0.614. The van der Waals surface area contributed by atoms with E-state index in [2.05, 4.69) is 11.0 Å². The van der Waals surface area contributed by atoms with Crippen molar-refractivity contribution in [2.24, 2.45) is 0 Å². The van der Waals surface area contributed by atoms with E-state index in [0.717, 1.165) is 24.9 Å². The van der Waals surface area contributed by atoms with Gasteiger partial charge in [-0.05, 0) is 65.8 Å². The van der Waals surface area contributed by atoms with Gasteiger partial charge in [0, 0.05) is 37.8 Å². The third kappa shape index (κ3) is 7.49. The maximum atomic E-state index is 14.1. The van der Waals surface area contributed by atoms with Crippen molar-refractivity contribution in [2.45, 2.75) is 76.9 Å². The molecule has 1 amide bonds. The fourth-order valence-corrected chi connectivity index (χ4v) is 6.50. The topological polar surface area (TPSA) is 98.1 Å². The lowest BCUT2D eigenvalue weighted by atomic mass is 10.0. The Morgan fingerprint density at radius 2 is 1.89 bits per heavy atom. The van der Waals surface area contributed by atoms with Crippen molar-refractivity contribution in [2.75, 3.05) is 56.2 Å². The van der Waals surface area contributed by atoms with Crippen LogP contribution < -0.4 is 14.5 Å². The summed E-state index contributed by atoms with van der Waals surface area (Å²) < 4.78 is 53.9. The number of aromatic nitrogens is 2. The standard InChI is InChI=1S/C31H39ClF3N7O3/c1-30(2,3)45-29(43)42-16-15-41(17-20(42)10-12-36)27-22-11-14-40(25-9-5-8-23(32)26(25)31(33,34)35)18-24(22)37-28(38-27)44-19-21-7-6-13-39(21)4/h5,8-9,20-21H,6-7,10-11,13-19H2,1-4H3/t20-,21-/m0/s1. The number of fused-ring (bicyclic) bond motifs is 1. The molecule has 0 spiro atoms. The molecule has 14 heteroatoms. The van der Waals surface area contributed by atoms with Gasteiger partial charge in [-0.25, -0.2) is 4.79 Å². The molecular formula is C31H39ClF3N7O3. The van der Waals surface area contributed by atoms with E-state index in [1.54, 1.807) is 30.6 Å². The highest BCUT2D eigenvalue weighted by molar-refractivity contribution is 6.31. The fraction of sp³-hybridized carbons (Fsp3) is 0.613. The van der Waals surface area contributed by atoms with E-state index in [1.165, 1.54) is 18.2 Å². The molecule has 2 atom stereocenters. The molecule has 1 aromatic heterocycles. The van der Waals surface area contributed by atoms with Crippen molar-refractivity contribution in [1.29, 1.82) is 5.26 Å². The number of anilines is 2. The smallest absolute Gasteiger partial charge is 0.419 e. The van der Waals surface area contributed by atoms with Crippen molar-refractivity contribution < 1.29 is 27.4 Å². The first-order valence-electron chi connectivity index (χ1n) is 15.2.